The molecular weight excluding hydrogens is 684 g/mol. The molecule has 0 amide bonds. The summed E-state index contributed by atoms with van der Waals surface area (Å²) in [5, 5.41) is 56.2. The van der Waals surface area contributed by atoms with Gasteiger partial charge in [0.15, 0.2) is 17.2 Å². The second kappa shape index (κ2) is 13.6. The molecule has 0 fully saturated rings. The first-order valence-corrected chi connectivity index (χ1v) is 16.4. The van der Waals surface area contributed by atoms with Crippen molar-refractivity contribution in [1.82, 2.24) is 0 Å². The molecule has 19 heteroatoms. The Hall–Kier alpha value is -6.02. The van der Waals surface area contributed by atoms with Gasteiger partial charge < -0.3 is 24.8 Å². The number of azo groups is 3. The highest BCUT2D eigenvalue weighted by Crippen LogP contribution is 2.50. The maximum Gasteiger partial charge on any atom is 0.294 e. The highest BCUT2D eigenvalue weighted by molar-refractivity contribution is 7.86. The molecule has 5 N–H and O–H groups in total. The molecule has 0 aliphatic heterocycles. The Bertz CT molecular complexity index is 2380. The largest absolute Gasteiger partial charge is 0.507 e. The smallest absolute Gasteiger partial charge is 0.294 e. The average molecular weight is 709 g/mol. The van der Waals surface area contributed by atoms with Crippen molar-refractivity contribution in [2.24, 2.45) is 30.7 Å². The fourth-order valence-corrected chi connectivity index (χ4v) is 5.36. The van der Waals surface area contributed by atoms with Gasteiger partial charge in [0.25, 0.3) is 20.2 Å². The number of methoxy groups -OCH3 is 2. The van der Waals surface area contributed by atoms with Gasteiger partial charge in [-0.2, -0.15) is 27.1 Å². The summed E-state index contributed by atoms with van der Waals surface area (Å²) < 4.78 is 76.9. The van der Waals surface area contributed by atoms with Gasteiger partial charge in [0.05, 0.1) is 46.5 Å². The summed E-state index contributed by atoms with van der Waals surface area (Å²) in [6.45, 7) is 0. The van der Waals surface area contributed by atoms with Gasteiger partial charge in [0.1, 0.15) is 28.6 Å². The quantitative estimate of drug-likeness (QED) is 0.0692. The molecule has 0 atom stereocenters. The first kappa shape index (κ1) is 34.3. The fraction of sp³-hybridized carbons (Fsp3) is 0.0667. The van der Waals surface area contributed by atoms with Gasteiger partial charge >= 0.3 is 0 Å². The van der Waals surface area contributed by atoms with Crippen molar-refractivity contribution in [3.05, 3.63) is 78.9 Å². The minimum atomic E-state index is -4.91. The molecule has 0 heterocycles. The first-order valence-electron chi connectivity index (χ1n) is 13.6. The zero-order chi connectivity index (χ0) is 35.5. The minimum Gasteiger partial charge on any atom is -0.507 e. The maximum absolute atomic E-state index is 12.0. The third kappa shape index (κ3) is 7.76. The predicted octanol–water partition coefficient (Wildman–Crippen LogP) is 7.71. The topological polar surface area (TPSA) is 262 Å². The number of rotatable bonds is 10. The highest BCUT2D eigenvalue weighted by atomic mass is 32.2. The Morgan fingerprint density at radius 2 is 0.959 bits per heavy atom. The monoisotopic (exact) mass is 708 g/mol. The van der Waals surface area contributed by atoms with Crippen LogP contribution in [-0.2, 0) is 20.2 Å². The standard InChI is InChI=1S/C30H24N6O11S2/c1-46-19-7-3-17(4-8-19)31-34-24-15-25(30(39)28(29(24)38)36-32-18-5-9-20(47-2)10-6-18)35-33-23-13-21(48(40,41)42)11-16-12-22(49(43,44)45)14-26(37)27(16)23/h3-15,37-39H,1-2H3,(H,40,41,42)(H,43,44,45). The summed E-state index contributed by atoms with van der Waals surface area (Å²) in [7, 11) is -6.79. The molecule has 0 saturated heterocycles. The van der Waals surface area contributed by atoms with Crippen LogP contribution >= 0.6 is 0 Å². The van der Waals surface area contributed by atoms with Crippen LogP contribution in [0.4, 0.5) is 34.1 Å². The molecule has 0 aliphatic carbocycles. The number of hydrogen-bond acceptors (Lipinski definition) is 15. The Labute approximate surface area is 277 Å². The van der Waals surface area contributed by atoms with E-state index in [1.807, 2.05) is 0 Å². The van der Waals surface area contributed by atoms with E-state index in [1.165, 1.54) is 14.2 Å². The number of benzene rings is 5. The molecule has 0 aliphatic rings. The summed E-state index contributed by atoms with van der Waals surface area (Å²) in [6, 6.07) is 17.0. The Kier molecular flexibility index (Phi) is 9.53. The van der Waals surface area contributed by atoms with Crippen molar-refractivity contribution in [2.75, 3.05) is 14.2 Å². The van der Waals surface area contributed by atoms with Crippen LogP contribution in [0, 0.1) is 0 Å². The summed E-state index contributed by atoms with van der Waals surface area (Å²) in [6.07, 6.45) is 0. The van der Waals surface area contributed by atoms with Crippen molar-refractivity contribution in [2.45, 2.75) is 9.79 Å². The highest BCUT2D eigenvalue weighted by Gasteiger charge is 2.21. The van der Waals surface area contributed by atoms with Gasteiger partial charge in [-0.15, -0.1) is 20.5 Å². The number of hydrogen-bond donors (Lipinski definition) is 5. The summed E-state index contributed by atoms with van der Waals surface area (Å²) >= 11 is 0. The summed E-state index contributed by atoms with van der Waals surface area (Å²) in [5.74, 6) is -1.06. The zero-order valence-electron chi connectivity index (χ0n) is 25.2. The van der Waals surface area contributed by atoms with Gasteiger partial charge in [-0.1, -0.05) is 0 Å². The predicted molar refractivity (Wildman–Crippen MR) is 174 cm³/mol. The van der Waals surface area contributed by atoms with Crippen LogP contribution in [0.2, 0.25) is 0 Å². The van der Waals surface area contributed by atoms with Gasteiger partial charge in [-0.05, 0) is 72.1 Å². The van der Waals surface area contributed by atoms with Gasteiger partial charge in [-0.25, -0.2) is 0 Å². The number of aromatic hydroxyl groups is 3. The van der Waals surface area contributed by atoms with Crippen LogP contribution in [0.15, 0.2) is 119 Å². The normalized spacial score (nSPS) is 12.4. The lowest BCUT2D eigenvalue weighted by Gasteiger charge is -2.10. The van der Waals surface area contributed by atoms with Crippen LogP contribution < -0.4 is 9.47 Å². The van der Waals surface area contributed by atoms with Gasteiger partial charge in [0, 0.05) is 12.1 Å². The molecule has 5 rings (SSSR count). The van der Waals surface area contributed by atoms with E-state index in [-0.39, 0.29) is 16.5 Å². The molecule has 0 bridgehead atoms. The van der Waals surface area contributed by atoms with E-state index in [0.29, 0.717) is 28.9 Å². The molecule has 0 aromatic heterocycles. The SMILES string of the molecule is COc1ccc(N=Nc2cc(N=Nc3cc(S(=O)(=O)O)cc4cc(S(=O)(=O)O)cc(O)c34)c(O)c(N=Nc3ccc(OC)cc3)c2O)cc1. The second-order valence-corrected chi connectivity index (χ2v) is 12.7. The molecule has 5 aromatic carbocycles. The summed E-state index contributed by atoms with van der Waals surface area (Å²) in [5.41, 5.74) is -0.923. The van der Waals surface area contributed by atoms with E-state index in [2.05, 4.69) is 30.7 Å². The van der Waals surface area contributed by atoms with Crippen molar-refractivity contribution >= 4 is 65.1 Å². The van der Waals surface area contributed by atoms with Crippen molar-refractivity contribution in [1.29, 1.82) is 0 Å². The van der Waals surface area contributed by atoms with Crippen molar-refractivity contribution in [3.63, 3.8) is 0 Å². The van der Waals surface area contributed by atoms with Crippen LogP contribution in [-0.4, -0.2) is 55.5 Å². The number of nitrogens with zero attached hydrogens (tertiary/aromatic N) is 6. The lowest BCUT2D eigenvalue weighted by atomic mass is 10.1. The Morgan fingerprint density at radius 3 is 1.43 bits per heavy atom. The van der Waals surface area contributed by atoms with Crippen molar-refractivity contribution in [3.8, 4) is 28.7 Å². The second-order valence-electron chi connectivity index (χ2n) is 9.89. The maximum atomic E-state index is 12.0. The third-order valence-corrected chi connectivity index (χ3v) is 8.37. The number of phenols is 3. The minimum absolute atomic E-state index is 0.236. The molecular formula is C30H24N6O11S2. The molecule has 0 radical (unpaired) electrons. The third-order valence-electron chi connectivity index (χ3n) is 6.71. The van der Waals surface area contributed by atoms with E-state index >= 15 is 0 Å². The van der Waals surface area contributed by atoms with Crippen molar-refractivity contribution < 1.29 is 50.7 Å². The van der Waals surface area contributed by atoms with E-state index in [9.17, 15) is 41.3 Å². The Balaban J connectivity index is 1.67. The zero-order valence-corrected chi connectivity index (χ0v) is 26.8. The number of phenolic OH excluding ortho intramolecular Hbond substituents is 3. The molecule has 0 unspecified atom stereocenters. The number of fused-ring (bicyclic) bond motifs is 1. The fourth-order valence-electron chi connectivity index (χ4n) is 4.29. The van der Waals surface area contributed by atoms with Crippen LogP contribution in [0.1, 0.15) is 0 Å². The van der Waals surface area contributed by atoms with E-state index < -0.39 is 64.3 Å². The lowest BCUT2D eigenvalue weighted by molar-refractivity contribution is 0.414. The summed E-state index contributed by atoms with van der Waals surface area (Å²) in [4.78, 5) is -1.54. The van der Waals surface area contributed by atoms with E-state index in [4.69, 9.17) is 9.47 Å². The molecule has 5 aromatic rings. The van der Waals surface area contributed by atoms with Gasteiger partial charge in [0.2, 0.25) is 0 Å². The van der Waals surface area contributed by atoms with Crippen LogP contribution in [0.5, 0.6) is 28.7 Å². The molecule has 0 saturated carbocycles. The van der Waals surface area contributed by atoms with E-state index in [0.717, 1.165) is 24.3 Å². The molecule has 0 spiro atoms. The Morgan fingerprint density at radius 1 is 0.531 bits per heavy atom. The lowest BCUT2D eigenvalue weighted by Crippen LogP contribution is -2.00. The van der Waals surface area contributed by atoms with Crippen LogP contribution in [0.3, 0.4) is 0 Å². The molecule has 252 valence electrons. The van der Waals surface area contributed by atoms with E-state index in [1.54, 1.807) is 48.5 Å². The number of ether oxygens (including phenoxy) is 2. The van der Waals surface area contributed by atoms with Gasteiger partial charge in [-0.3, -0.25) is 9.11 Å². The molecule has 17 nitrogen and oxygen atoms in total. The average Bonchev–Trinajstić information content (AvgIpc) is 3.06. The van der Waals surface area contributed by atoms with Crippen LogP contribution in [0.25, 0.3) is 10.8 Å². The first-order chi connectivity index (χ1) is 23.2. The molecule has 49 heavy (non-hydrogen) atoms.